The Morgan fingerprint density at radius 3 is 2.77 bits per heavy atom. The van der Waals surface area contributed by atoms with Gasteiger partial charge in [0.15, 0.2) is 0 Å². The van der Waals surface area contributed by atoms with Gasteiger partial charge in [-0.1, -0.05) is 18.2 Å². The van der Waals surface area contributed by atoms with E-state index in [2.05, 4.69) is 20.6 Å². The Hall–Kier alpha value is -4.13. The number of nitrogens with one attached hydrogen (secondary N) is 3. The van der Waals surface area contributed by atoms with Gasteiger partial charge in [-0.15, -0.1) is 0 Å². The fraction of sp³-hybridized carbons (Fsp3) is 0.0435. The Kier molecular flexibility index (Phi) is 3.87. The molecule has 0 radical (unpaired) electrons. The van der Waals surface area contributed by atoms with Crippen LogP contribution in [-0.4, -0.2) is 20.6 Å². The molecule has 0 aliphatic rings. The molecule has 3 N–H and O–H groups in total. The first-order chi connectivity index (χ1) is 15.4. The van der Waals surface area contributed by atoms with E-state index < -0.39 is 18.3 Å². The fourth-order valence-electron chi connectivity index (χ4n) is 3.40. The smallest absolute Gasteiger partial charge is 0.323 e. The lowest BCUT2D eigenvalue weighted by atomic mass is 10.2. The van der Waals surface area contributed by atoms with Gasteiger partial charge in [-0.25, -0.2) is 14.2 Å². The number of halogens is 1. The number of carbonyl (C=O) groups is 1. The minimum absolute atomic E-state index is 0.0688. The zero-order chi connectivity index (χ0) is 22.3. The Labute approximate surface area is 174 Å². The van der Waals surface area contributed by atoms with Crippen LogP contribution >= 0.6 is 0 Å². The molecule has 148 valence electrons. The summed E-state index contributed by atoms with van der Waals surface area (Å²) in [6, 6.07) is 15.7. The van der Waals surface area contributed by atoms with Gasteiger partial charge in [-0.05, 0) is 48.0 Å². The molecular weight excluding hydrogens is 381 g/mol. The third-order valence-electron chi connectivity index (χ3n) is 4.80. The standard InChI is InChI=1S/C23H18FN5O/c24-18-4-1-2-5-20(18)28-23(30)27-19-6-3-7-21-17(19)10-13-29(21)14-15-8-11-25-22-16(15)9-12-26-22/h1-13H,14H2,(H,25,26)(H2,27,28,30)/i14D2. The molecule has 0 atom stereocenters. The van der Waals surface area contributed by atoms with E-state index in [9.17, 15) is 9.18 Å². The van der Waals surface area contributed by atoms with Crippen molar-refractivity contribution in [3.05, 3.63) is 90.6 Å². The van der Waals surface area contributed by atoms with Crippen molar-refractivity contribution in [1.82, 2.24) is 14.5 Å². The van der Waals surface area contributed by atoms with Crippen LogP contribution in [0.4, 0.5) is 20.6 Å². The predicted octanol–water partition coefficient (Wildman–Crippen LogP) is 5.35. The van der Waals surface area contributed by atoms with Crippen molar-refractivity contribution in [1.29, 1.82) is 0 Å². The van der Waals surface area contributed by atoms with Crippen molar-refractivity contribution in [2.75, 3.05) is 10.6 Å². The Balaban J connectivity index is 1.50. The molecule has 30 heavy (non-hydrogen) atoms. The van der Waals surface area contributed by atoms with Gasteiger partial charge in [0.1, 0.15) is 11.5 Å². The number of urea groups is 1. The molecular formula is C23H18FN5O. The van der Waals surface area contributed by atoms with E-state index >= 15 is 0 Å². The van der Waals surface area contributed by atoms with Gasteiger partial charge >= 0.3 is 6.03 Å². The quantitative estimate of drug-likeness (QED) is 0.380. The van der Waals surface area contributed by atoms with Crippen molar-refractivity contribution >= 4 is 39.3 Å². The maximum atomic E-state index is 13.8. The highest BCUT2D eigenvalue weighted by Crippen LogP contribution is 2.27. The number of carbonyl (C=O) groups excluding carboxylic acids is 1. The molecule has 0 saturated carbocycles. The molecule has 2 aromatic carbocycles. The molecule has 0 bridgehead atoms. The zero-order valence-corrected chi connectivity index (χ0v) is 15.7. The third-order valence-corrected chi connectivity index (χ3v) is 4.80. The van der Waals surface area contributed by atoms with Gasteiger partial charge in [-0.3, -0.25) is 0 Å². The largest absolute Gasteiger partial charge is 0.346 e. The van der Waals surface area contributed by atoms with Crippen molar-refractivity contribution in [3.63, 3.8) is 0 Å². The lowest BCUT2D eigenvalue weighted by Gasteiger charge is -2.11. The topological polar surface area (TPSA) is 74.7 Å². The van der Waals surface area contributed by atoms with E-state index in [0.717, 1.165) is 0 Å². The summed E-state index contributed by atoms with van der Waals surface area (Å²) in [5.41, 5.74) is 2.22. The van der Waals surface area contributed by atoms with Gasteiger partial charge in [0, 0.05) is 35.9 Å². The number of H-pyrrole nitrogens is 1. The van der Waals surface area contributed by atoms with Crippen LogP contribution in [0.15, 0.2) is 79.3 Å². The van der Waals surface area contributed by atoms with Crippen molar-refractivity contribution in [2.24, 2.45) is 0 Å². The monoisotopic (exact) mass is 401 g/mol. The second-order valence-corrected chi connectivity index (χ2v) is 6.69. The minimum Gasteiger partial charge on any atom is -0.346 e. The van der Waals surface area contributed by atoms with Crippen LogP contribution in [0.2, 0.25) is 0 Å². The summed E-state index contributed by atoms with van der Waals surface area (Å²) in [6.07, 6.45) is 4.93. The van der Waals surface area contributed by atoms with Gasteiger partial charge in [0.2, 0.25) is 0 Å². The van der Waals surface area contributed by atoms with E-state index in [4.69, 9.17) is 2.74 Å². The number of hydrogen-bond acceptors (Lipinski definition) is 2. The normalized spacial score (nSPS) is 12.6. The number of anilines is 2. The highest BCUT2D eigenvalue weighted by molar-refractivity contribution is 6.05. The molecule has 2 amide bonds. The van der Waals surface area contributed by atoms with Gasteiger partial charge in [-0.2, -0.15) is 0 Å². The lowest BCUT2D eigenvalue weighted by molar-refractivity contribution is 0.262. The summed E-state index contributed by atoms with van der Waals surface area (Å²) in [4.78, 5) is 19.7. The maximum absolute atomic E-state index is 13.8. The molecule has 5 aromatic rings. The number of aromatic nitrogens is 3. The first-order valence-corrected chi connectivity index (χ1v) is 9.31. The molecule has 0 aliphatic carbocycles. The number of amides is 2. The van der Waals surface area contributed by atoms with E-state index in [0.29, 0.717) is 33.2 Å². The van der Waals surface area contributed by atoms with Crippen LogP contribution in [-0.2, 0) is 6.50 Å². The number of benzene rings is 2. The summed E-state index contributed by atoms with van der Waals surface area (Å²) >= 11 is 0. The lowest BCUT2D eigenvalue weighted by Crippen LogP contribution is -2.20. The number of nitrogens with zero attached hydrogens (tertiary/aromatic N) is 2. The Morgan fingerprint density at radius 1 is 1.03 bits per heavy atom. The first kappa shape index (κ1) is 15.8. The molecule has 7 heteroatoms. The van der Waals surface area contributed by atoms with Crippen molar-refractivity contribution in [2.45, 2.75) is 6.50 Å². The van der Waals surface area contributed by atoms with Crippen molar-refractivity contribution in [3.8, 4) is 0 Å². The highest BCUT2D eigenvalue weighted by atomic mass is 19.1. The van der Waals surface area contributed by atoms with Crippen LogP contribution < -0.4 is 10.6 Å². The maximum Gasteiger partial charge on any atom is 0.323 e. The Bertz CT molecular complexity index is 1460. The van der Waals surface area contributed by atoms with Gasteiger partial charge < -0.3 is 20.2 Å². The SMILES string of the molecule is [2H]C([2H])(c1ccnc2[nH]ccc12)n1ccc2c(NC(=O)Nc3ccccc3F)cccc21. The van der Waals surface area contributed by atoms with Crippen LogP contribution in [0, 0.1) is 5.82 Å². The minimum atomic E-state index is -1.88. The number of pyridine rings is 1. The van der Waals surface area contributed by atoms with Crippen molar-refractivity contribution < 1.29 is 11.9 Å². The van der Waals surface area contributed by atoms with Gasteiger partial charge in [0.25, 0.3) is 0 Å². The zero-order valence-electron chi connectivity index (χ0n) is 17.7. The van der Waals surface area contributed by atoms with E-state index in [-0.39, 0.29) is 5.69 Å². The molecule has 0 fully saturated rings. The number of para-hydroxylation sites is 1. The molecule has 3 heterocycles. The third kappa shape index (κ3) is 3.26. The average molecular weight is 401 g/mol. The second kappa shape index (κ2) is 7.36. The number of rotatable bonds is 4. The summed E-state index contributed by atoms with van der Waals surface area (Å²) in [5.74, 6) is -0.534. The highest BCUT2D eigenvalue weighted by Gasteiger charge is 2.11. The van der Waals surface area contributed by atoms with E-state index in [1.807, 2.05) is 0 Å². The first-order valence-electron chi connectivity index (χ1n) is 10.3. The summed E-state index contributed by atoms with van der Waals surface area (Å²) < 4.78 is 33.1. The summed E-state index contributed by atoms with van der Waals surface area (Å²) in [7, 11) is 0. The Morgan fingerprint density at radius 2 is 1.87 bits per heavy atom. The molecule has 0 saturated heterocycles. The van der Waals surface area contributed by atoms with Crippen LogP contribution in [0.3, 0.4) is 0 Å². The summed E-state index contributed by atoms with van der Waals surface area (Å²) in [5, 5.41) is 6.56. The second-order valence-electron chi connectivity index (χ2n) is 6.69. The van der Waals surface area contributed by atoms with Crippen LogP contribution in [0.25, 0.3) is 21.9 Å². The number of fused-ring (bicyclic) bond motifs is 2. The van der Waals surface area contributed by atoms with E-state index in [1.54, 1.807) is 67.1 Å². The molecule has 6 nitrogen and oxygen atoms in total. The van der Waals surface area contributed by atoms with E-state index in [1.165, 1.54) is 16.7 Å². The van der Waals surface area contributed by atoms with Crippen LogP contribution in [0.1, 0.15) is 8.30 Å². The van der Waals surface area contributed by atoms with Gasteiger partial charge in [0.05, 0.1) is 19.6 Å². The van der Waals surface area contributed by atoms with Crippen LogP contribution in [0.5, 0.6) is 0 Å². The molecule has 0 aliphatic heterocycles. The average Bonchev–Trinajstić information content (AvgIpc) is 3.43. The molecule has 0 unspecified atom stereocenters. The summed E-state index contributed by atoms with van der Waals surface area (Å²) in [6.45, 7) is -1.88. The molecule has 5 rings (SSSR count). The fourth-order valence-corrected chi connectivity index (χ4v) is 3.40. The molecule has 0 spiro atoms. The number of hydrogen-bond donors (Lipinski definition) is 3. The predicted molar refractivity (Wildman–Crippen MR) is 116 cm³/mol. The number of aromatic amines is 1. The molecule has 3 aromatic heterocycles.